The van der Waals surface area contributed by atoms with Gasteiger partial charge >= 0.3 is 6.01 Å². The van der Waals surface area contributed by atoms with Crippen LogP contribution in [0, 0.1) is 0 Å². The highest BCUT2D eigenvalue weighted by atomic mass is 16.5. The maximum atomic E-state index is 9.86. The molecule has 1 fully saturated rings. The average molecular weight is 297 g/mol. The first-order valence-electron chi connectivity index (χ1n) is 6.87. The first-order chi connectivity index (χ1) is 9.91. The minimum atomic E-state index is -0.685. The van der Waals surface area contributed by atoms with Gasteiger partial charge < -0.3 is 14.7 Å². The monoisotopic (exact) mass is 297 g/mol. The van der Waals surface area contributed by atoms with Crippen molar-refractivity contribution >= 4 is 11.9 Å². The van der Waals surface area contributed by atoms with Crippen LogP contribution in [0.2, 0.25) is 0 Å². The number of nitrogens with two attached hydrogens (primary N) is 1. The molecular weight excluding hydrogens is 274 g/mol. The van der Waals surface area contributed by atoms with Crippen molar-refractivity contribution in [2.45, 2.75) is 19.4 Å². The lowest BCUT2D eigenvalue weighted by Gasteiger charge is -2.37. The molecule has 1 saturated heterocycles. The van der Waals surface area contributed by atoms with Gasteiger partial charge in [-0.2, -0.15) is 15.0 Å². The number of β-amino-alcohol motifs (C(OH)–C–C–N with tert-alkyl or cyclic N) is 1. The Morgan fingerprint density at radius 1 is 1.24 bits per heavy atom. The molecule has 2 rings (SSSR count). The van der Waals surface area contributed by atoms with Crippen molar-refractivity contribution in [2.24, 2.45) is 5.84 Å². The number of ether oxygens (including phenoxy) is 1. The molecule has 0 aliphatic carbocycles. The summed E-state index contributed by atoms with van der Waals surface area (Å²) in [6.45, 7) is 7.50. The molecule has 1 aromatic rings. The number of piperazine rings is 1. The van der Waals surface area contributed by atoms with E-state index in [1.807, 2.05) is 18.7 Å². The fraction of sp³-hybridized carbons (Fsp3) is 0.750. The number of nitrogen functional groups attached to an aromatic ring is 1. The number of nitrogens with zero attached hydrogens (tertiary/aromatic N) is 5. The molecule has 9 nitrogen and oxygen atoms in total. The van der Waals surface area contributed by atoms with E-state index in [1.165, 1.54) is 7.11 Å². The molecule has 4 N–H and O–H groups in total. The molecule has 0 saturated carbocycles. The molecule has 0 radical (unpaired) electrons. The number of rotatable bonds is 5. The van der Waals surface area contributed by atoms with E-state index >= 15 is 0 Å². The molecule has 118 valence electrons. The summed E-state index contributed by atoms with van der Waals surface area (Å²) in [7, 11) is 1.50. The number of hydrogen-bond acceptors (Lipinski definition) is 9. The largest absolute Gasteiger partial charge is 0.467 e. The summed E-state index contributed by atoms with van der Waals surface area (Å²) >= 11 is 0. The molecule has 9 heteroatoms. The molecule has 0 amide bonds. The van der Waals surface area contributed by atoms with Crippen LogP contribution in [0.4, 0.5) is 11.9 Å². The van der Waals surface area contributed by atoms with Gasteiger partial charge in [0, 0.05) is 32.7 Å². The average Bonchev–Trinajstić information content (AvgIpc) is 2.45. The maximum Gasteiger partial charge on any atom is 0.322 e. The SMILES string of the molecule is COc1nc(NN)nc(N2CCN(CC(C)(C)O)CC2)n1. The van der Waals surface area contributed by atoms with Gasteiger partial charge in [-0.3, -0.25) is 10.3 Å². The fourth-order valence-corrected chi connectivity index (χ4v) is 2.30. The molecule has 2 heterocycles. The van der Waals surface area contributed by atoms with E-state index in [1.54, 1.807) is 0 Å². The zero-order valence-electron chi connectivity index (χ0n) is 12.7. The maximum absolute atomic E-state index is 9.86. The lowest BCUT2D eigenvalue weighted by molar-refractivity contribution is 0.0344. The molecule has 1 aliphatic rings. The number of aromatic nitrogens is 3. The Morgan fingerprint density at radius 3 is 2.43 bits per heavy atom. The second-order valence-electron chi connectivity index (χ2n) is 5.67. The summed E-state index contributed by atoms with van der Waals surface area (Å²) in [5.74, 6) is 6.16. The van der Waals surface area contributed by atoms with Crippen LogP contribution in [0.3, 0.4) is 0 Å². The van der Waals surface area contributed by atoms with Crippen molar-refractivity contribution in [1.82, 2.24) is 19.9 Å². The number of anilines is 2. The number of aliphatic hydroxyl groups is 1. The molecule has 0 unspecified atom stereocenters. The third-order valence-electron chi connectivity index (χ3n) is 3.18. The van der Waals surface area contributed by atoms with Crippen LogP contribution in [0.25, 0.3) is 0 Å². The highest BCUT2D eigenvalue weighted by Gasteiger charge is 2.24. The standard InChI is InChI=1S/C12H23N7O2/c1-12(2,20)8-18-4-6-19(7-5-18)10-14-9(17-13)15-11(16-10)21-3/h20H,4-8,13H2,1-3H3,(H,14,15,16,17). The first-order valence-corrected chi connectivity index (χ1v) is 6.87. The predicted octanol–water partition coefficient (Wildman–Crippen LogP) is -0.941. The van der Waals surface area contributed by atoms with Gasteiger partial charge in [-0.05, 0) is 13.8 Å². The van der Waals surface area contributed by atoms with Crippen LogP contribution in [0.5, 0.6) is 6.01 Å². The number of methoxy groups -OCH3 is 1. The highest BCUT2D eigenvalue weighted by Crippen LogP contribution is 2.17. The van der Waals surface area contributed by atoms with Gasteiger partial charge in [0.2, 0.25) is 11.9 Å². The van der Waals surface area contributed by atoms with E-state index in [4.69, 9.17) is 10.6 Å². The van der Waals surface area contributed by atoms with Crippen molar-refractivity contribution < 1.29 is 9.84 Å². The number of hydrogen-bond donors (Lipinski definition) is 3. The van der Waals surface area contributed by atoms with Gasteiger partial charge in [-0.1, -0.05) is 0 Å². The molecule has 0 aromatic carbocycles. The zero-order valence-corrected chi connectivity index (χ0v) is 12.7. The third kappa shape index (κ3) is 4.38. The number of hydrazine groups is 1. The topological polar surface area (TPSA) is 113 Å². The van der Waals surface area contributed by atoms with E-state index in [0.717, 1.165) is 26.2 Å². The van der Waals surface area contributed by atoms with Gasteiger partial charge in [0.05, 0.1) is 12.7 Å². The Balaban J connectivity index is 2.02. The summed E-state index contributed by atoms with van der Waals surface area (Å²) in [6.07, 6.45) is 0. The van der Waals surface area contributed by atoms with E-state index in [2.05, 4.69) is 25.3 Å². The van der Waals surface area contributed by atoms with E-state index in [0.29, 0.717) is 12.5 Å². The fourth-order valence-electron chi connectivity index (χ4n) is 2.30. The predicted molar refractivity (Wildman–Crippen MR) is 79.1 cm³/mol. The second-order valence-corrected chi connectivity index (χ2v) is 5.67. The van der Waals surface area contributed by atoms with Crippen molar-refractivity contribution in [2.75, 3.05) is 50.2 Å². The van der Waals surface area contributed by atoms with Crippen LogP contribution in [-0.4, -0.2) is 70.4 Å². The van der Waals surface area contributed by atoms with Crippen LogP contribution in [0.1, 0.15) is 13.8 Å². The Kier molecular flexibility index (Phi) is 4.76. The second kappa shape index (κ2) is 6.37. The van der Waals surface area contributed by atoms with E-state index < -0.39 is 5.60 Å². The number of nitrogens with one attached hydrogen (secondary N) is 1. The normalized spacial score (nSPS) is 16.9. The van der Waals surface area contributed by atoms with Crippen LogP contribution in [0.15, 0.2) is 0 Å². The zero-order chi connectivity index (χ0) is 15.5. The smallest absolute Gasteiger partial charge is 0.322 e. The van der Waals surface area contributed by atoms with Crippen LogP contribution in [-0.2, 0) is 0 Å². The van der Waals surface area contributed by atoms with E-state index in [9.17, 15) is 5.11 Å². The Bertz CT molecular complexity index is 447. The van der Waals surface area contributed by atoms with Crippen molar-refractivity contribution in [3.05, 3.63) is 0 Å². The van der Waals surface area contributed by atoms with Crippen LogP contribution >= 0.6 is 0 Å². The van der Waals surface area contributed by atoms with Gasteiger partial charge in [-0.15, -0.1) is 0 Å². The molecule has 0 spiro atoms. The van der Waals surface area contributed by atoms with Gasteiger partial charge in [0.15, 0.2) is 0 Å². The Morgan fingerprint density at radius 2 is 1.90 bits per heavy atom. The Labute approximate surface area is 124 Å². The Hall–Kier alpha value is -1.71. The minimum absolute atomic E-state index is 0.229. The molecule has 0 bridgehead atoms. The lowest BCUT2D eigenvalue weighted by Crippen LogP contribution is -2.51. The van der Waals surface area contributed by atoms with Crippen molar-refractivity contribution in [3.63, 3.8) is 0 Å². The summed E-state index contributed by atoms with van der Waals surface area (Å²) in [6, 6.07) is 0.229. The highest BCUT2D eigenvalue weighted by molar-refractivity contribution is 5.38. The quantitative estimate of drug-likeness (QED) is 0.468. The van der Waals surface area contributed by atoms with E-state index in [-0.39, 0.29) is 12.0 Å². The van der Waals surface area contributed by atoms with Gasteiger partial charge in [0.1, 0.15) is 0 Å². The molecule has 21 heavy (non-hydrogen) atoms. The van der Waals surface area contributed by atoms with Crippen molar-refractivity contribution in [3.8, 4) is 6.01 Å². The molecule has 0 atom stereocenters. The summed E-state index contributed by atoms with van der Waals surface area (Å²) < 4.78 is 5.05. The summed E-state index contributed by atoms with van der Waals surface area (Å²) in [5, 5.41) is 9.86. The third-order valence-corrected chi connectivity index (χ3v) is 3.18. The summed E-state index contributed by atoms with van der Waals surface area (Å²) in [4.78, 5) is 16.7. The van der Waals surface area contributed by atoms with Gasteiger partial charge in [0.25, 0.3) is 0 Å². The van der Waals surface area contributed by atoms with Crippen LogP contribution < -0.4 is 20.9 Å². The lowest BCUT2D eigenvalue weighted by atomic mass is 10.1. The van der Waals surface area contributed by atoms with Gasteiger partial charge in [-0.25, -0.2) is 5.84 Å². The van der Waals surface area contributed by atoms with Crippen molar-refractivity contribution in [1.29, 1.82) is 0 Å². The molecule has 1 aromatic heterocycles. The summed E-state index contributed by atoms with van der Waals surface area (Å²) in [5.41, 5.74) is 1.72. The molecule has 1 aliphatic heterocycles. The molecular formula is C12H23N7O2. The first kappa shape index (κ1) is 15.7. The minimum Gasteiger partial charge on any atom is -0.467 e.